The number of likely N-dealkylation sites (N-methyl/N-ethyl adjacent to an activating group) is 1. The van der Waals surface area contributed by atoms with E-state index in [4.69, 9.17) is 5.11 Å². The molecule has 14 heavy (non-hydrogen) atoms. The van der Waals surface area contributed by atoms with E-state index in [0.717, 1.165) is 31.0 Å². The van der Waals surface area contributed by atoms with Gasteiger partial charge in [0, 0.05) is 24.3 Å². The van der Waals surface area contributed by atoms with Gasteiger partial charge >= 0.3 is 0 Å². The van der Waals surface area contributed by atoms with E-state index in [-0.39, 0.29) is 6.61 Å². The fourth-order valence-electron chi connectivity index (χ4n) is 1.52. The maximum Gasteiger partial charge on any atom is 0.0639 e. The van der Waals surface area contributed by atoms with E-state index in [1.807, 2.05) is 13.8 Å². The fourth-order valence-corrected chi connectivity index (χ4v) is 1.52. The first-order chi connectivity index (χ1) is 6.69. The third kappa shape index (κ3) is 2.56. The number of H-pyrrole nitrogens is 1. The average Bonchev–Trinajstić information content (AvgIpc) is 2.48. The van der Waals surface area contributed by atoms with E-state index < -0.39 is 0 Å². The lowest BCUT2D eigenvalue weighted by Gasteiger charge is -2.18. The third-order valence-electron chi connectivity index (χ3n) is 2.53. The molecule has 0 saturated heterocycles. The van der Waals surface area contributed by atoms with Crippen molar-refractivity contribution in [2.45, 2.75) is 27.3 Å². The first-order valence-electron chi connectivity index (χ1n) is 5.02. The van der Waals surface area contributed by atoms with Crippen LogP contribution in [0.25, 0.3) is 0 Å². The summed E-state index contributed by atoms with van der Waals surface area (Å²) in [6.45, 7) is 8.88. The van der Waals surface area contributed by atoms with Gasteiger partial charge in [0.1, 0.15) is 0 Å². The Morgan fingerprint density at radius 3 is 2.57 bits per heavy atom. The number of aliphatic hydroxyl groups excluding tert-OH is 1. The van der Waals surface area contributed by atoms with Crippen LogP contribution in [0.3, 0.4) is 0 Å². The van der Waals surface area contributed by atoms with Crippen molar-refractivity contribution in [3.8, 4) is 0 Å². The maximum atomic E-state index is 8.87. The molecule has 0 spiro atoms. The number of aromatic amines is 1. The minimum Gasteiger partial charge on any atom is -0.395 e. The van der Waals surface area contributed by atoms with Gasteiger partial charge in [-0.3, -0.25) is 10.00 Å². The van der Waals surface area contributed by atoms with E-state index in [0.29, 0.717) is 0 Å². The van der Waals surface area contributed by atoms with Crippen LogP contribution in [0.2, 0.25) is 0 Å². The van der Waals surface area contributed by atoms with Crippen LogP contribution in [0.4, 0.5) is 0 Å². The number of hydrogen-bond donors (Lipinski definition) is 2. The van der Waals surface area contributed by atoms with Crippen LogP contribution in [-0.4, -0.2) is 39.9 Å². The van der Waals surface area contributed by atoms with Crippen molar-refractivity contribution in [3.05, 3.63) is 17.0 Å². The monoisotopic (exact) mass is 197 g/mol. The number of nitrogens with zero attached hydrogens (tertiary/aromatic N) is 2. The van der Waals surface area contributed by atoms with E-state index in [9.17, 15) is 0 Å². The van der Waals surface area contributed by atoms with Crippen molar-refractivity contribution in [2.75, 3.05) is 19.7 Å². The Bertz CT molecular complexity index is 263. The number of hydrogen-bond acceptors (Lipinski definition) is 3. The molecule has 0 aliphatic carbocycles. The molecule has 0 amide bonds. The Hall–Kier alpha value is -0.870. The fraction of sp³-hybridized carbons (Fsp3) is 0.700. The van der Waals surface area contributed by atoms with Crippen LogP contribution < -0.4 is 0 Å². The maximum absolute atomic E-state index is 8.87. The summed E-state index contributed by atoms with van der Waals surface area (Å²) in [6, 6.07) is 0. The highest BCUT2D eigenvalue weighted by Gasteiger charge is 2.09. The molecule has 80 valence electrons. The summed E-state index contributed by atoms with van der Waals surface area (Å²) in [6.07, 6.45) is 0. The Kier molecular flexibility index (Phi) is 4.10. The molecular formula is C10H19N3O. The molecular weight excluding hydrogens is 178 g/mol. The number of nitrogens with one attached hydrogen (secondary N) is 1. The molecule has 1 aromatic heterocycles. The Labute approximate surface area is 84.9 Å². The van der Waals surface area contributed by atoms with Crippen LogP contribution in [-0.2, 0) is 6.54 Å². The average molecular weight is 197 g/mol. The van der Waals surface area contributed by atoms with Crippen LogP contribution in [0.1, 0.15) is 23.9 Å². The molecule has 1 rings (SSSR count). The predicted octanol–water partition coefficient (Wildman–Crippen LogP) is 0.841. The van der Waals surface area contributed by atoms with Crippen molar-refractivity contribution in [3.63, 3.8) is 0 Å². The molecule has 0 unspecified atom stereocenters. The van der Waals surface area contributed by atoms with E-state index >= 15 is 0 Å². The van der Waals surface area contributed by atoms with Gasteiger partial charge in [-0.05, 0) is 20.4 Å². The summed E-state index contributed by atoms with van der Waals surface area (Å²) in [5.74, 6) is 0. The molecule has 0 atom stereocenters. The smallest absolute Gasteiger partial charge is 0.0639 e. The van der Waals surface area contributed by atoms with Crippen molar-refractivity contribution >= 4 is 0 Å². The lowest BCUT2D eigenvalue weighted by atomic mass is 10.2. The molecule has 0 fully saturated rings. The quantitative estimate of drug-likeness (QED) is 0.735. The number of aromatic nitrogens is 2. The molecule has 1 aromatic rings. The minimum atomic E-state index is 0.212. The number of aliphatic hydroxyl groups is 1. The molecule has 0 aromatic carbocycles. The van der Waals surface area contributed by atoms with Gasteiger partial charge in [0.05, 0.1) is 12.3 Å². The third-order valence-corrected chi connectivity index (χ3v) is 2.53. The van der Waals surface area contributed by atoms with Crippen molar-refractivity contribution in [2.24, 2.45) is 0 Å². The van der Waals surface area contributed by atoms with E-state index in [1.165, 1.54) is 5.56 Å². The number of aryl methyl sites for hydroxylation is 2. The van der Waals surface area contributed by atoms with Gasteiger partial charge in [-0.1, -0.05) is 6.92 Å². The summed E-state index contributed by atoms with van der Waals surface area (Å²) >= 11 is 0. The molecule has 4 nitrogen and oxygen atoms in total. The zero-order valence-corrected chi connectivity index (χ0v) is 9.17. The molecule has 0 radical (unpaired) electrons. The molecule has 0 bridgehead atoms. The molecule has 0 saturated carbocycles. The Balaban J connectivity index is 2.66. The van der Waals surface area contributed by atoms with Gasteiger partial charge in [0.15, 0.2) is 0 Å². The largest absolute Gasteiger partial charge is 0.395 e. The van der Waals surface area contributed by atoms with Gasteiger partial charge in [-0.15, -0.1) is 0 Å². The van der Waals surface area contributed by atoms with Gasteiger partial charge in [-0.2, -0.15) is 5.10 Å². The van der Waals surface area contributed by atoms with Crippen LogP contribution in [0.5, 0.6) is 0 Å². The first kappa shape index (κ1) is 11.2. The van der Waals surface area contributed by atoms with Gasteiger partial charge in [0.25, 0.3) is 0 Å². The Morgan fingerprint density at radius 2 is 2.14 bits per heavy atom. The van der Waals surface area contributed by atoms with Crippen LogP contribution >= 0.6 is 0 Å². The van der Waals surface area contributed by atoms with Crippen molar-refractivity contribution < 1.29 is 5.11 Å². The second-order valence-electron chi connectivity index (χ2n) is 3.50. The SMILES string of the molecule is CCN(CCO)Cc1c(C)n[nH]c1C. The van der Waals surface area contributed by atoms with Crippen molar-refractivity contribution in [1.29, 1.82) is 0 Å². The molecule has 4 heteroatoms. The number of rotatable bonds is 5. The van der Waals surface area contributed by atoms with Crippen molar-refractivity contribution in [1.82, 2.24) is 15.1 Å². The van der Waals surface area contributed by atoms with Gasteiger partial charge in [0.2, 0.25) is 0 Å². The Morgan fingerprint density at radius 1 is 1.43 bits per heavy atom. The second-order valence-corrected chi connectivity index (χ2v) is 3.50. The molecule has 0 aliphatic rings. The zero-order chi connectivity index (χ0) is 10.6. The molecule has 2 N–H and O–H groups in total. The summed E-state index contributed by atoms with van der Waals surface area (Å²) < 4.78 is 0. The summed E-state index contributed by atoms with van der Waals surface area (Å²) in [4.78, 5) is 2.20. The van der Waals surface area contributed by atoms with E-state index in [2.05, 4.69) is 22.0 Å². The summed E-state index contributed by atoms with van der Waals surface area (Å²) in [5.41, 5.74) is 3.43. The minimum absolute atomic E-state index is 0.212. The van der Waals surface area contributed by atoms with Gasteiger partial charge in [-0.25, -0.2) is 0 Å². The zero-order valence-electron chi connectivity index (χ0n) is 9.17. The van der Waals surface area contributed by atoms with E-state index in [1.54, 1.807) is 0 Å². The highest BCUT2D eigenvalue weighted by atomic mass is 16.3. The first-order valence-corrected chi connectivity index (χ1v) is 5.02. The second kappa shape index (κ2) is 5.12. The standard InChI is InChI=1S/C10H19N3O/c1-4-13(5-6-14)7-10-8(2)11-12-9(10)3/h14H,4-7H2,1-3H3,(H,11,12). The predicted molar refractivity (Wildman–Crippen MR) is 56.1 cm³/mol. The highest BCUT2D eigenvalue weighted by Crippen LogP contribution is 2.11. The topological polar surface area (TPSA) is 52.1 Å². The molecule has 0 aliphatic heterocycles. The van der Waals surface area contributed by atoms with Crippen LogP contribution in [0.15, 0.2) is 0 Å². The lowest BCUT2D eigenvalue weighted by Crippen LogP contribution is -2.26. The molecule has 1 heterocycles. The summed E-state index contributed by atoms with van der Waals surface area (Å²) in [7, 11) is 0. The lowest BCUT2D eigenvalue weighted by molar-refractivity contribution is 0.196. The summed E-state index contributed by atoms with van der Waals surface area (Å²) in [5, 5.41) is 16.0. The highest BCUT2D eigenvalue weighted by molar-refractivity contribution is 5.22. The van der Waals surface area contributed by atoms with Gasteiger partial charge < -0.3 is 5.11 Å². The van der Waals surface area contributed by atoms with Crippen LogP contribution in [0, 0.1) is 13.8 Å². The normalized spacial score (nSPS) is 11.2.